The Balaban J connectivity index is 2.07. The molecule has 23 heavy (non-hydrogen) atoms. The van der Waals surface area contributed by atoms with Crippen LogP contribution in [0.3, 0.4) is 0 Å². The highest BCUT2D eigenvalue weighted by Gasteiger charge is 2.20. The number of nitrogens with zero attached hydrogens (tertiary/aromatic N) is 1. The van der Waals surface area contributed by atoms with E-state index in [9.17, 15) is 9.90 Å². The smallest absolute Gasteiger partial charge is 0.408 e. The molecule has 3 rings (SSSR count). The van der Waals surface area contributed by atoms with Crippen molar-refractivity contribution in [3.8, 4) is 23.8 Å². The van der Waals surface area contributed by atoms with Crippen LogP contribution in [0.25, 0.3) is 11.6 Å². The van der Waals surface area contributed by atoms with Gasteiger partial charge in [0.25, 0.3) is 0 Å². The Morgan fingerprint density at radius 2 is 1.83 bits per heavy atom. The summed E-state index contributed by atoms with van der Waals surface area (Å²) in [4.78, 5) is 12.6. The number of hydrogen-bond acceptors (Lipinski definition) is 2. The monoisotopic (exact) mass is 305 g/mol. The van der Waals surface area contributed by atoms with Crippen LogP contribution in [0.2, 0.25) is 0 Å². The first-order valence-electron chi connectivity index (χ1n) is 7.17. The summed E-state index contributed by atoms with van der Waals surface area (Å²) in [6, 6.07) is 15.2. The lowest BCUT2D eigenvalue weighted by Crippen LogP contribution is -2.31. The third kappa shape index (κ3) is 3.04. The molecule has 2 aromatic carbocycles. The second-order valence-corrected chi connectivity index (χ2v) is 5.15. The topological polar surface area (TPSA) is 49.8 Å². The van der Waals surface area contributed by atoms with Gasteiger partial charge >= 0.3 is 6.09 Å². The molecule has 0 aliphatic carbocycles. The van der Waals surface area contributed by atoms with E-state index < -0.39 is 6.09 Å². The molecule has 1 amide bonds. The maximum Gasteiger partial charge on any atom is 0.408 e. The molecule has 0 spiro atoms. The largest absolute Gasteiger partial charge is 0.465 e. The molecule has 1 N–H and O–H groups in total. The molecule has 1 aliphatic heterocycles. The number of fused-ring (bicyclic) bond motifs is 2. The van der Waals surface area contributed by atoms with E-state index in [1.54, 1.807) is 0 Å². The number of hydrogen-bond donors (Lipinski definition) is 1. The minimum atomic E-state index is -1.04. The summed E-state index contributed by atoms with van der Waals surface area (Å²) < 4.78 is 5.98. The number of ether oxygens (including phenoxy) is 1. The van der Waals surface area contributed by atoms with Gasteiger partial charge in [-0.05, 0) is 23.8 Å². The fourth-order valence-corrected chi connectivity index (χ4v) is 2.54. The fourth-order valence-electron chi connectivity index (χ4n) is 2.54. The Morgan fingerprint density at radius 3 is 2.57 bits per heavy atom. The molecule has 0 fully saturated rings. The van der Waals surface area contributed by atoms with Crippen LogP contribution in [0, 0.1) is 12.3 Å². The molecule has 0 bridgehead atoms. The lowest BCUT2D eigenvalue weighted by atomic mass is 10.0. The van der Waals surface area contributed by atoms with E-state index in [-0.39, 0.29) is 13.1 Å². The third-order valence-electron chi connectivity index (χ3n) is 3.62. The lowest BCUT2D eigenvalue weighted by molar-refractivity contribution is 0.156. The first kappa shape index (κ1) is 14.7. The number of para-hydroxylation sites is 2. The normalized spacial score (nSPS) is 11.9. The lowest BCUT2D eigenvalue weighted by Gasteiger charge is -2.19. The number of benzene rings is 2. The van der Waals surface area contributed by atoms with Crippen molar-refractivity contribution in [2.45, 2.75) is 0 Å². The first-order valence-corrected chi connectivity index (χ1v) is 7.17. The van der Waals surface area contributed by atoms with Gasteiger partial charge in [-0.15, -0.1) is 6.42 Å². The van der Waals surface area contributed by atoms with Gasteiger partial charge < -0.3 is 9.84 Å². The Hall–Kier alpha value is -3.19. The van der Waals surface area contributed by atoms with E-state index in [0.717, 1.165) is 22.4 Å². The van der Waals surface area contributed by atoms with Crippen molar-refractivity contribution in [1.82, 2.24) is 4.90 Å². The van der Waals surface area contributed by atoms with Crippen LogP contribution in [0.5, 0.6) is 11.5 Å². The van der Waals surface area contributed by atoms with E-state index in [0.29, 0.717) is 5.75 Å². The minimum absolute atomic E-state index is 0.0390. The van der Waals surface area contributed by atoms with E-state index in [1.165, 1.54) is 4.90 Å². The summed E-state index contributed by atoms with van der Waals surface area (Å²) >= 11 is 0. The third-order valence-corrected chi connectivity index (χ3v) is 3.62. The molecule has 0 radical (unpaired) electrons. The van der Waals surface area contributed by atoms with Gasteiger partial charge in [-0.3, -0.25) is 4.90 Å². The van der Waals surface area contributed by atoms with E-state index in [2.05, 4.69) is 5.92 Å². The van der Waals surface area contributed by atoms with Crippen molar-refractivity contribution in [3.63, 3.8) is 0 Å². The molecule has 2 aromatic rings. The highest BCUT2D eigenvalue weighted by Crippen LogP contribution is 2.37. The van der Waals surface area contributed by atoms with Crippen molar-refractivity contribution in [2.24, 2.45) is 0 Å². The van der Waals surface area contributed by atoms with Crippen molar-refractivity contribution in [3.05, 3.63) is 59.7 Å². The van der Waals surface area contributed by atoms with Crippen molar-refractivity contribution in [2.75, 3.05) is 13.1 Å². The average Bonchev–Trinajstić information content (AvgIpc) is 2.71. The van der Waals surface area contributed by atoms with Crippen molar-refractivity contribution in [1.29, 1.82) is 0 Å². The van der Waals surface area contributed by atoms with Gasteiger partial charge in [-0.1, -0.05) is 42.3 Å². The summed E-state index contributed by atoms with van der Waals surface area (Å²) in [5.74, 6) is 3.83. The molecule has 1 heterocycles. The van der Waals surface area contributed by atoms with Crippen LogP contribution in [-0.4, -0.2) is 29.2 Å². The van der Waals surface area contributed by atoms with Crippen LogP contribution in [0.15, 0.2) is 48.5 Å². The molecule has 0 saturated heterocycles. The summed E-state index contributed by atoms with van der Waals surface area (Å²) in [5, 5.41) is 9.32. The number of rotatable bonds is 3. The van der Waals surface area contributed by atoms with E-state index in [4.69, 9.17) is 11.2 Å². The molecule has 4 heteroatoms. The SMILES string of the molecule is C#CCN(CC1=Cc2ccccc2Oc2ccccc21)C(=O)O. The molecule has 0 unspecified atom stereocenters. The van der Waals surface area contributed by atoms with Crippen molar-refractivity contribution < 1.29 is 14.6 Å². The molecule has 0 aromatic heterocycles. The predicted octanol–water partition coefficient (Wildman–Crippen LogP) is 3.95. The standard InChI is InChI=1S/C19H15NO3/c1-2-11-20(19(21)22)13-15-12-14-7-3-5-9-17(14)23-18-10-6-4-8-16(15)18/h1,3-10,12H,11,13H2,(H,21,22). The van der Waals surface area contributed by atoms with Crippen LogP contribution in [0.1, 0.15) is 11.1 Å². The van der Waals surface area contributed by atoms with Gasteiger partial charge in [0, 0.05) is 11.1 Å². The highest BCUT2D eigenvalue weighted by atomic mass is 16.5. The van der Waals surface area contributed by atoms with Gasteiger partial charge in [-0.25, -0.2) is 4.79 Å². The van der Waals surface area contributed by atoms with Gasteiger partial charge in [-0.2, -0.15) is 0 Å². The summed E-state index contributed by atoms with van der Waals surface area (Å²) in [6.45, 7) is 0.242. The van der Waals surface area contributed by atoms with E-state index in [1.807, 2.05) is 54.6 Å². The summed E-state index contributed by atoms with van der Waals surface area (Å²) in [6.07, 6.45) is 6.19. The minimum Gasteiger partial charge on any atom is -0.465 e. The predicted molar refractivity (Wildman–Crippen MR) is 89.3 cm³/mol. The van der Waals surface area contributed by atoms with Gasteiger partial charge in [0.15, 0.2) is 0 Å². The summed E-state index contributed by atoms with van der Waals surface area (Å²) in [7, 11) is 0. The molecular formula is C19H15NO3. The maximum atomic E-state index is 11.4. The van der Waals surface area contributed by atoms with Crippen LogP contribution < -0.4 is 4.74 Å². The maximum absolute atomic E-state index is 11.4. The quantitative estimate of drug-likeness (QED) is 0.874. The van der Waals surface area contributed by atoms with Crippen LogP contribution in [-0.2, 0) is 0 Å². The van der Waals surface area contributed by atoms with E-state index >= 15 is 0 Å². The molecule has 1 aliphatic rings. The van der Waals surface area contributed by atoms with Crippen LogP contribution in [0.4, 0.5) is 4.79 Å². The Kier molecular flexibility index (Phi) is 4.03. The van der Waals surface area contributed by atoms with Gasteiger partial charge in [0.1, 0.15) is 11.5 Å². The number of amides is 1. The Bertz CT molecular complexity index is 817. The van der Waals surface area contributed by atoms with Crippen molar-refractivity contribution >= 4 is 17.7 Å². The second-order valence-electron chi connectivity index (χ2n) is 5.15. The highest BCUT2D eigenvalue weighted by molar-refractivity contribution is 5.89. The zero-order valence-corrected chi connectivity index (χ0v) is 12.4. The number of carbonyl (C=O) groups is 1. The Labute approximate surface area is 134 Å². The molecular weight excluding hydrogens is 290 g/mol. The zero-order chi connectivity index (χ0) is 16.2. The Morgan fingerprint density at radius 1 is 1.13 bits per heavy atom. The average molecular weight is 305 g/mol. The van der Waals surface area contributed by atoms with Gasteiger partial charge in [0.05, 0.1) is 13.1 Å². The van der Waals surface area contributed by atoms with Gasteiger partial charge in [0.2, 0.25) is 0 Å². The van der Waals surface area contributed by atoms with Crippen LogP contribution >= 0.6 is 0 Å². The second kappa shape index (κ2) is 6.29. The molecule has 114 valence electrons. The molecule has 4 nitrogen and oxygen atoms in total. The molecule has 0 saturated carbocycles. The number of terminal acetylenes is 1. The fraction of sp³-hybridized carbons (Fsp3) is 0.105. The zero-order valence-electron chi connectivity index (χ0n) is 12.4. The summed E-state index contributed by atoms with van der Waals surface area (Å²) in [5.41, 5.74) is 2.62. The number of carboxylic acid groups (broad SMARTS) is 1. The molecule has 0 atom stereocenters. The first-order chi connectivity index (χ1) is 11.2.